The lowest BCUT2D eigenvalue weighted by atomic mass is 9.91. The first-order chi connectivity index (χ1) is 16.9. The number of rotatable bonds is 7. The number of carbonyl (C=O) groups excluding carboxylic acids is 2. The number of amides is 2. The molecule has 0 bridgehead atoms. The lowest BCUT2D eigenvalue weighted by molar-refractivity contribution is -0.134. The van der Waals surface area contributed by atoms with Gasteiger partial charge in [0, 0.05) is 30.1 Å². The Bertz CT molecular complexity index is 1060. The van der Waals surface area contributed by atoms with Gasteiger partial charge in [0.05, 0.1) is 16.8 Å². The molecule has 2 aromatic rings. The molecule has 35 heavy (non-hydrogen) atoms. The molecular weight excluding hydrogens is 456 g/mol. The second-order valence-corrected chi connectivity index (χ2v) is 12.4. The molecule has 2 fully saturated rings. The van der Waals surface area contributed by atoms with Gasteiger partial charge < -0.3 is 19.7 Å². The van der Waals surface area contributed by atoms with Crippen LogP contribution in [-0.2, 0) is 17.8 Å². The average molecular weight is 499 g/mol. The van der Waals surface area contributed by atoms with Crippen molar-refractivity contribution in [1.82, 2.24) is 19.7 Å². The summed E-state index contributed by atoms with van der Waals surface area (Å²) < 4.78 is 3.27. The summed E-state index contributed by atoms with van der Waals surface area (Å²) in [5.74, 6) is 0.00699. The van der Waals surface area contributed by atoms with Gasteiger partial charge in [-0.2, -0.15) is 0 Å². The SMILES string of the molecule is CCc1cc2c(cc3n2CC(C)(C(=O)NC2CCCCC2)N(CCN(C)C2CCCCC2)C3=O)s1. The maximum absolute atomic E-state index is 14.0. The zero-order valence-corrected chi connectivity index (χ0v) is 22.6. The van der Waals surface area contributed by atoms with E-state index in [1.54, 1.807) is 11.3 Å². The Hall–Kier alpha value is -1.86. The van der Waals surface area contributed by atoms with E-state index in [4.69, 9.17) is 0 Å². The molecular formula is C28H42N4O2S. The van der Waals surface area contributed by atoms with Gasteiger partial charge in [-0.15, -0.1) is 11.3 Å². The van der Waals surface area contributed by atoms with E-state index in [0.29, 0.717) is 19.1 Å². The quantitative estimate of drug-likeness (QED) is 0.571. The molecule has 2 aliphatic carbocycles. The van der Waals surface area contributed by atoms with Crippen molar-refractivity contribution in [3.05, 3.63) is 22.7 Å². The van der Waals surface area contributed by atoms with E-state index < -0.39 is 5.54 Å². The highest BCUT2D eigenvalue weighted by Gasteiger charge is 2.48. The number of aromatic nitrogens is 1. The van der Waals surface area contributed by atoms with Gasteiger partial charge in [0.2, 0.25) is 5.91 Å². The monoisotopic (exact) mass is 498 g/mol. The molecule has 6 nitrogen and oxygen atoms in total. The molecule has 7 heteroatoms. The fourth-order valence-electron chi connectivity index (χ4n) is 6.46. The highest BCUT2D eigenvalue weighted by Crippen LogP contribution is 2.36. The smallest absolute Gasteiger partial charge is 0.271 e. The molecule has 0 aromatic carbocycles. The standard InChI is InChI=1S/C28H42N4O2S/c1-4-22-17-23-25(35-22)18-24-26(33)32(16-15-30(3)21-13-9-6-10-14-21)28(2,19-31(23)24)27(34)29-20-11-7-5-8-12-20/h17-18,20-21H,4-16,19H2,1-3H3,(H,29,34). The van der Waals surface area contributed by atoms with Crippen LogP contribution in [0.15, 0.2) is 12.1 Å². The van der Waals surface area contributed by atoms with Gasteiger partial charge in [-0.1, -0.05) is 45.4 Å². The van der Waals surface area contributed by atoms with Gasteiger partial charge >= 0.3 is 0 Å². The van der Waals surface area contributed by atoms with Crippen molar-refractivity contribution in [3.8, 4) is 0 Å². The summed E-state index contributed by atoms with van der Waals surface area (Å²) >= 11 is 1.77. The summed E-state index contributed by atoms with van der Waals surface area (Å²) in [5.41, 5.74) is 0.942. The zero-order valence-electron chi connectivity index (χ0n) is 21.8. The van der Waals surface area contributed by atoms with E-state index in [0.717, 1.165) is 41.7 Å². The fourth-order valence-corrected chi connectivity index (χ4v) is 7.50. The third kappa shape index (κ3) is 4.78. The summed E-state index contributed by atoms with van der Waals surface area (Å²) in [6, 6.07) is 5.09. The molecule has 1 aliphatic heterocycles. The summed E-state index contributed by atoms with van der Waals surface area (Å²) in [5, 5.41) is 3.36. The largest absolute Gasteiger partial charge is 0.351 e. The zero-order chi connectivity index (χ0) is 24.6. The predicted octanol–water partition coefficient (Wildman–Crippen LogP) is 5.19. The summed E-state index contributed by atoms with van der Waals surface area (Å²) in [7, 11) is 2.19. The van der Waals surface area contributed by atoms with Gasteiger partial charge in [-0.25, -0.2) is 0 Å². The highest BCUT2D eigenvalue weighted by molar-refractivity contribution is 7.19. The molecule has 2 amide bonds. The van der Waals surface area contributed by atoms with E-state index in [1.807, 2.05) is 11.8 Å². The highest BCUT2D eigenvalue weighted by atomic mass is 32.1. The van der Waals surface area contributed by atoms with Crippen molar-refractivity contribution >= 4 is 33.4 Å². The summed E-state index contributed by atoms with van der Waals surface area (Å²) in [4.78, 5) is 33.5. The van der Waals surface area contributed by atoms with Crippen LogP contribution < -0.4 is 5.32 Å². The van der Waals surface area contributed by atoms with Crippen LogP contribution in [0.4, 0.5) is 0 Å². The number of aryl methyl sites for hydroxylation is 1. The third-order valence-electron chi connectivity index (χ3n) is 8.82. The van der Waals surface area contributed by atoms with Crippen molar-refractivity contribution in [1.29, 1.82) is 0 Å². The lowest BCUT2D eigenvalue weighted by Gasteiger charge is -2.45. The second-order valence-electron chi connectivity index (χ2n) is 11.2. The minimum Gasteiger partial charge on any atom is -0.351 e. The van der Waals surface area contributed by atoms with Gasteiger partial charge in [-0.3, -0.25) is 9.59 Å². The molecule has 1 N–H and O–H groups in total. The Labute approximate surface area is 214 Å². The van der Waals surface area contributed by atoms with E-state index in [-0.39, 0.29) is 17.9 Å². The van der Waals surface area contributed by atoms with Crippen LogP contribution in [0.2, 0.25) is 0 Å². The van der Waals surface area contributed by atoms with Crippen LogP contribution in [0.5, 0.6) is 0 Å². The van der Waals surface area contributed by atoms with Crippen LogP contribution in [0.25, 0.3) is 10.2 Å². The number of thiophene rings is 1. The van der Waals surface area contributed by atoms with Gasteiger partial charge in [-0.05, 0) is 58.2 Å². The molecule has 2 saturated carbocycles. The molecule has 5 rings (SSSR count). The van der Waals surface area contributed by atoms with E-state index in [1.165, 1.54) is 56.2 Å². The van der Waals surface area contributed by atoms with Gasteiger partial charge in [0.15, 0.2) is 0 Å². The number of nitrogens with one attached hydrogen (secondary N) is 1. The number of nitrogens with zero attached hydrogens (tertiary/aromatic N) is 3. The van der Waals surface area contributed by atoms with E-state index in [9.17, 15) is 9.59 Å². The number of likely N-dealkylation sites (N-methyl/N-ethyl adjacent to an activating group) is 1. The summed E-state index contributed by atoms with van der Waals surface area (Å²) in [6.07, 6.45) is 13.1. The number of fused-ring (bicyclic) bond motifs is 3. The van der Waals surface area contributed by atoms with Crippen molar-refractivity contribution in [2.75, 3.05) is 20.1 Å². The molecule has 3 heterocycles. The van der Waals surface area contributed by atoms with Crippen molar-refractivity contribution in [3.63, 3.8) is 0 Å². The Morgan fingerprint density at radius 1 is 1.11 bits per heavy atom. The maximum Gasteiger partial charge on any atom is 0.271 e. The minimum absolute atomic E-state index is 0.00367. The molecule has 0 spiro atoms. The van der Waals surface area contributed by atoms with Crippen molar-refractivity contribution in [2.24, 2.45) is 0 Å². The third-order valence-corrected chi connectivity index (χ3v) is 10.0. The molecule has 1 atom stereocenters. The lowest BCUT2D eigenvalue weighted by Crippen LogP contribution is -2.66. The number of hydrogen-bond acceptors (Lipinski definition) is 4. The first-order valence-electron chi connectivity index (χ1n) is 13.9. The van der Waals surface area contributed by atoms with Gasteiger partial charge in [0.1, 0.15) is 11.2 Å². The van der Waals surface area contributed by atoms with Crippen LogP contribution >= 0.6 is 11.3 Å². The molecule has 0 radical (unpaired) electrons. The Balaban J connectivity index is 1.42. The molecule has 3 aliphatic rings. The normalized spacial score (nSPS) is 24.3. The Morgan fingerprint density at radius 2 is 1.80 bits per heavy atom. The Kier molecular flexibility index (Phi) is 7.27. The van der Waals surface area contributed by atoms with Crippen molar-refractivity contribution < 1.29 is 9.59 Å². The van der Waals surface area contributed by atoms with Crippen molar-refractivity contribution in [2.45, 2.75) is 109 Å². The van der Waals surface area contributed by atoms with Crippen LogP contribution in [-0.4, -0.2) is 63.9 Å². The fraction of sp³-hybridized carbons (Fsp3) is 0.714. The van der Waals surface area contributed by atoms with E-state index in [2.05, 4.69) is 40.9 Å². The summed E-state index contributed by atoms with van der Waals surface area (Å²) in [6.45, 7) is 6.06. The average Bonchev–Trinajstić information content (AvgIpc) is 3.43. The Morgan fingerprint density at radius 3 is 2.49 bits per heavy atom. The first-order valence-corrected chi connectivity index (χ1v) is 14.7. The van der Waals surface area contributed by atoms with Crippen LogP contribution in [0.1, 0.15) is 93.4 Å². The molecule has 0 saturated heterocycles. The van der Waals surface area contributed by atoms with Gasteiger partial charge in [0.25, 0.3) is 5.91 Å². The second kappa shape index (κ2) is 10.3. The molecule has 192 valence electrons. The van der Waals surface area contributed by atoms with Crippen LogP contribution in [0, 0.1) is 0 Å². The van der Waals surface area contributed by atoms with E-state index >= 15 is 0 Å². The first kappa shape index (κ1) is 24.8. The predicted molar refractivity (Wildman–Crippen MR) is 143 cm³/mol. The number of hydrogen-bond donors (Lipinski definition) is 1. The minimum atomic E-state index is -0.894. The molecule has 1 unspecified atom stereocenters. The molecule has 2 aromatic heterocycles. The number of carbonyl (C=O) groups is 2. The van der Waals surface area contributed by atoms with Crippen LogP contribution in [0.3, 0.4) is 0 Å². The maximum atomic E-state index is 14.0. The topological polar surface area (TPSA) is 57.6 Å².